The fraction of sp³-hybridized carbons (Fsp3) is 0.933. The zero-order chi connectivity index (χ0) is 64.3. The van der Waals surface area contributed by atoms with Crippen molar-refractivity contribution in [1.82, 2.24) is 0 Å². The monoisotopic (exact) mass is 1270 g/mol. The number of fused-ring (bicyclic) bond motifs is 7. The van der Waals surface area contributed by atoms with Gasteiger partial charge in [-0.15, -0.1) is 0 Å². The van der Waals surface area contributed by atoms with E-state index in [2.05, 4.69) is 46.8 Å². The zero-order valence-corrected chi connectivity index (χ0v) is 50.9. The molecule has 0 aromatic rings. The smallest absolute Gasteiger partial charge is 0.187 e. The van der Waals surface area contributed by atoms with E-state index >= 15 is 0 Å². The van der Waals surface area contributed by atoms with Crippen molar-refractivity contribution in [2.45, 2.75) is 266 Å². The Kier molecular flexibility index (Phi) is 20.3. The van der Waals surface area contributed by atoms with Crippen LogP contribution in [-0.4, -0.2) is 297 Å². The van der Waals surface area contributed by atoms with Gasteiger partial charge < -0.3 is 139 Å². The second-order valence-electron chi connectivity index (χ2n) is 28.7. The second kappa shape index (κ2) is 25.8. The Morgan fingerprint density at radius 1 is 0.455 bits per heavy atom. The normalized spacial score (nSPS) is 54.7. The predicted molar refractivity (Wildman–Crippen MR) is 297 cm³/mol. The Morgan fingerprint density at radius 3 is 1.53 bits per heavy atom. The molecule has 0 aromatic carbocycles. The van der Waals surface area contributed by atoms with Crippen LogP contribution in [0.1, 0.15) is 99.8 Å². The van der Waals surface area contributed by atoms with Gasteiger partial charge in [-0.25, -0.2) is 0 Å². The van der Waals surface area contributed by atoms with E-state index in [0.29, 0.717) is 32.1 Å². The minimum absolute atomic E-state index is 0.00604. The number of hydrogen-bond donors (Lipinski definition) is 18. The molecule has 5 saturated heterocycles. The average molecular weight is 1270 g/mol. The summed E-state index contributed by atoms with van der Waals surface area (Å²) >= 11 is 0. The molecule has 34 atom stereocenters. The molecule has 0 amide bonds. The van der Waals surface area contributed by atoms with Crippen molar-refractivity contribution in [3.05, 3.63) is 23.3 Å². The first-order valence-corrected chi connectivity index (χ1v) is 31.2. The van der Waals surface area contributed by atoms with Crippen molar-refractivity contribution in [2.24, 2.45) is 44.3 Å². The van der Waals surface area contributed by atoms with Crippen LogP contribution in [0.2, 0.25) is 0 Å². The molecule has 28 nitrogen and oxygen atoms in total. The van der Waals surface area contributed by atoms with Crippen molar-refractivity contribution in [2.75, 3.05) is 39.6 Å². The molecule has 0 unspecified atom stereocenters. The molecular formula is C60H98O28. The number of ether oxygens (including phenoxy) is 10. The minimum Gasteiger partial charge on any atom is -0.396 e. The van der Waals surface area contributed by atoms with Crippen LogP contribution in [0, 0.1) is 44.3 Å². The predicted octanol–water partition coefficient (Wildman–Crippen LogP) is -4.85. The summed E-state index contributed by atoms with van der Waals surface area (Å²) in [6.07, 6.45) is -36.9. The molecule has 0 spiro atoms. The molecule has 18 N–H and O–H groups in total. The number of aliphatic hydroxyl groups excluding tert-OH is 18. The van der Waals surface area contributed by atoms with E-state index in [1.807, 2.05) is 6.92 Å². The third kappa shape index (κ3) is 11.4. The molecule has 5 aliphatic heterocycles. The van der Waals surface area contributed by atoms with Gasteiger partial charge in [0.25, 0.3) is 0 Å². The molecule has 5 aliphatic carbocycles. The first-order valence-electron chi connectivity index (χ1n) is 31.2. The molecule has 28 heteroatoms. The van der Waals surface area contributed by atoms with Crippen molar-refractivity contribution in [1.29, 1.82) is 0 Å². The minimum atomic E-state index is -2.10. The van der Waals surface area contributed by atoms with E-state index in [0.717, 1.165) is 19.3 Å². The lowest BCUT2D eigenvalue weighted by Gasteiger charge is -2.69. The lowest BCUT2D eigenvalue weighted by molar-refractivity contribution is -0.399. The number of allylic oxidation sites excluding steroid dienone is 4. The third-order valence-corrected chi connectivity index (χ3v) is 23.2. The Bertz CT molecular complexity index is 2450. The summed E-state index contributed by atoms with van der Waals surface area (Å²) in [7, 11) is 0. The summed E-state index contributed by atoms with van der Waals surface area (Å²) in [5.41, 5.74) is -0.633. The van der Waals surface area contributed by atoms with E-state index in [9.17, 15) is 91.9 Å². The van der Waals surface area contributed by atoms with Gasteiger partial charge in [-0.05, 0) is 86.4 Å². The Morgan fingerprint density at radius 2 is 0.977 bits per heavy atom. The van der Waals surface area contributed by atoms with E-state index < -0.39 is 219 Å². The topological polar surface area (TPSA) is 456 Å². The van der Waals surface area contributed by atoms with Crippen LogP contribution in [-0.2, 0) is 47.4 Å². The molecule has 0 bridgehead atoms. The standard InChI is InChI=1S/C60H98O28/c1-24-35(67)48(87-53-45(77)41(73)38(70)30(84-53)21-79-50-46(78)42(74)47(29(20-63)83-50)86-51-43(75)39(71)36(68)27(18-61)81-51)49(88-52-44(76)40(72)37(69)28(19-62)82-52)54(80-24)85-34-11-12-56(4)31(57(34,5)22-64)10-13-58(6)32(56)9-8-25-26-16-55(2,3)14-15-60(26,23-65)33(66)17-59(25,58)7/h8-9,24,26-31,33-54,61-78H,10-23H2,1-7H3/t24-,26+,27-,28-,29-,30-,31-,33+,34+,35+,36-,37-,38-,39+,40+,41+,42-,43-,44-,45-,46-,47-,48+,49-,50-,51+,52+,53+,54+,56+,57+,58-,59-,60-/m1/s1. The molecule has 4 saturated carbocycles. The lowest BCUT2D eigenvalue weighted by Crippen LogP contribution is -2.68. The first kappa shape index (κ1) is 69.2. The number of hydrogen-bond acceptors (Lipinski definition) is 28. The van der Waals surface area contributed by atoms with Crippen LogP contribution >= 0.6 is 0 Å². The van der Waals surface area contributed by atoms with E-state index in [1.165, 1.54) is 18.1 Å². The molecule has 10 aliphatic rings. The summed E-state index contributed by atoms with van der Waals surface area (Å²) in [6.45, 7) is 10.8. The SMILES string of the molecule is C[C@H]1O[C@@H](O[C@H]2CC[C@]3(C)C4=CC=C5[C@@H]6CC(C)(C)CC[C@]6(CO)[C@@H](O)C[C@@]5(C)[C@]4(C)CC[C@H]3[C@]2(C)CO)[C@H](O[C@@H]2O[C@H](CO)[C@@H](O)[C@H](O)[C@H]2O)[C@@H](O[C@@H]2O[C@H](CO[C@@H]3O[C@H](CO)[C@@H](O[C@@H]4O[C@H](CO)[C@@H](O)[C@H](O)[C@H]4O)[C@H](O)[C@H]3O)[C@@H](O)[C@H](O)[C@H]2O)[C@H]1O. The first-order chi connectivity index (χ1) is 41.3. The average Bonchev–Trinajstić information content (AvgIpc) is 0.676. The van der Waals surface area contributed by atoms with E-state index in [1.54, 1.807) is 0 Å². The highest BCUT2D eigenvalue weighted by atomic mass is 16.8. The van der Waals surface area contributed by atoms with Gasteiger partial charge >= 0.3 is 0 Å². The van der Waals surface area contributed by atoms with E-state index in [-0.39, 0.29) is 30.5 Å². The Hall–Kier alpha value is -1.64. The molecule has 0 radical (unpaired) electrons. The van der Waals surface area contributed by atoms with Crippen LogP contribution in [0.5, 0.6) is 0 Å². The summed E-state index contributed by atoms with van der Waals surface area (Å²) in [6, 6.07) is 0. The van der Waals surface area contributed by atoms with Crippen molar-refractivity contribution >= 4 is 0 Å². The van der Waals surface area contributed by atoms with Gasteiger partial charge in [-0.3, -0.25) is 0 Å². The molecule has 9 fully saturated rings. The summed E-state index contributed by atoms with van der Waals surface area (Å²) in [5, 5.41) is 198. The number of aliphatic hydroxyl groups is 18. The van der Waals surface area contributed by atoms with Gasteiger partial charge in [0.1, 0.15) is 116 Å². The molecule has 5 heterocycles. The molecule has 10 rings (SSSR count). The Labute approximate surface area is 510 Å². The number of rotatable bonds is 16. The summed E-state index contributed by atoms with van der Waals surface area (Å²) in [4.78, 5) is 0. The van der Waals surface area contributed by atoms with Gasteiger partial charge in [-0.2, -0.15) is 0 Å². The van der Waals surface area contributed by atoms with Crippen LogP contribution in [0.4, 0.5) is 0 Å². The maximum absolute atomic E-state index is 12.2. The largest absolute Gasteiger partial charge is 0.396 e. The van der Waals surface area contributed by atoms with Crippen LogP contribution in [0.15, 0.2) is 23.3 Å². The van der Waals surface area contributed by atoms with Crippen molar-refractivity contribution in [3.8, 4) is 0 Å². The van der Waals surface area contributed by atoms with Crippen LogP contribution in [0.3, 0.4) is 0 Å². The van der Waals surface area contributed by atoms with Gasteiger partial charge in [-0.1, -0.05) is 64.8 Å². The zero-order valence-electron chi connectivity index (χ0n) is 50.9. The molecule has 506 valence electrons. The third-order valence-electron chi connectivity index (χ3n) is 23.2. The van der Waals surface area contributed by atoms with Crippen molar-refractivity contribution < 1.29 is 139 Å². The molecule has 88 heavy (non-hydrogen) atoms. The molecular weight excluding hydrogens is 1170 g/mol. The highest BCUT2D eigenvalue weighted by Crippen LogP contribution is 2.75. The van der Waals surface area contributed by atoms with E-state index in [4.69, 9.17) is 47.4 Å². The van der Waals surface area contributed by atoms with Gasteiger partial charge in [0.05, 0.1) is 58.0 Å². The van der Waals surface area contributed by atoms with Gasteiger partial charge in [0.2, 0.25) is 0 Å². The summed E-state index contributed by atoms with van der Waals surface area (Å²) < 4.78 is 60.5. The summed E-state index contributed by atoms with van der Waals surface area (Å²) in [5.74, 6) is -0.263. The maximum atomic E-state index is 12.2. The molecule has 0 aromatic heterocycles. The Balaban J connectivity index is 0.897. The second-order valence-corrected chi connectivity index (χ2v) is 28.7. The van der Waals surface area contributed by atoms with Crippen molar-refractivity contribution in [3.63, 3.8) is 0 Å². The maximum Gasteiger partial charge on any atom is 0.187 e. The fourth-order valence-corrected chi connectivity index (χ4v) is 17.4. The van der Waals surface area contributed by atoms with Gasteiger partial charge in [0.15, 0.2) is 31.5 Å². The fourth-order valence-electron chi connectivity index (χ4n) is 17.4. The lowest BCUT2D eigenvalue weighted by atomic mass is 9.35. The highest BCUT2D eigenvalue weighted by Gasteiger charge is 2.69. The van der Waals surface area contributed by atoms with Crippen LogP contribution < -0.4 is 0 Å². The highest BCUT2D eigenvalue weighted by molar-refractivity contribution is 5.46. The van der Waals surface area contributed by atoms with Gasteiger partial charge in [0, 0.05) is 16.2 Å². The quantitative estimate of drug-likeness (QED) is 0.0645. The van der Waals surface area contributed by atoms with Crippen LogP contribution in [0.25, 0.3) is 0 Å².